The lowest BCUT2D eigenvalue weighted by Crippen LogP contribution is -2.30. The number of non-ortho nitro benzene ring substituents is 1. The second-order valence-corrected chi connectivity index (χ2v) is 10.1. The molecule has 5 aromatic carbocycles. The van der Waals surface area contributed by atoms with Gasteiger partial charge in [0.25, 0.3) is 5.69 Å². The summed E-state index contributed by atoms with van der Waals surface area (Å²) in [6, 6.07) is 45.5. The minimum atomic E-state index is -0.947. The summed E-state index contributed by atoms with van der Waals surface area (Å²) < 4.78 is 13.6. The maximum absolute atomic E-state index is 11.4. The monoisotopic (exact) mass is 566 g/mol. The number of rotatable bonds is 6. The number of nitrogens with zero attached hydrogens (tertiary/aromatic N) is 2. The van der Waals surface area contributed by atoms with Crippen LogP contribution in [0, 0.1) is 10.1 Å². The van der Waals surface area contributed by atoms with Gasteiger partial charge in [-0.2, -0.15) is 0 Å². The molecule has 0 unspecified atom stereocenters. The second kappa shape index (κ2) is 11.3. The molecule has 0 amide bonds. The van der Waals surface area contributed by atoms with Crippen LogP contribution in [0.4, 0.5) is 11.4 Å². The SMILES string of the molecule is O=[N+]([O-])c1ccc([C@H]2Oc3c(-c4ccccc4)oc(-c4ccccc4)c3[C@@H](c3ccccc3)N(c3ccccc3)O2)cc1. The van der Waals surface area contributed by atoms with Gasteiger partial charge in [-0.05, 0) is 29.8 Å². The summed E-state index contributed by atoms with van der Waals surface area (Å²) in [5.74, 6) is 1.78. The van der Waals surface area contributed by atoms with Crippen LogP contribution in [0.15, 0.2) is 150 Å². The first-order valence-electron chi connectivity index (χ1n) is 13.9. The van der Waals surface area contributed by atoms with Crippen molar-refractivity contribution in [1.82, 2.24) is 0 Å². The van der Waals surface area contributed by atoms with Crippen LogP contribution < -0.4 is 9.80 Å². The summed E-state index contributed by atoms with van der Waals surface area (Å²) in [6.45, 7) is 0. The topological polar surface area (TPSA) is 78.0 Å². The molecule has 210 valence electrons. The van der Waals surface area contributed by atoms with Gasteiger partial charge < -0.3 is 9.15 Å². The van der Waals surface area contributed by atoms with Crippen molar-refractivity contribution in [2.45, 2.75) is 12.3 Å². The molecule has 7 rings (SSSR count). The number of nitro benzene ring substituents is 1. The molecule has 1 aliphatic rings. The molecule has 0 N–H and O–H groups in total. The summed E-state index contributed by atoms with van der Waals surface area (Å²) in [7, 11) is 0. The van der Waals surface area contributed by atoms with Crippen LogP contribution in [0.1, 0.15) is 29.0 Å². The number of benzene rings is 5. The van der Waals surface area contributed by atoms with Gasteiger partial charge in [0.05, 0.1) is 16.2 Å². The van der Waals surface area contributed by atoms with E-state index in [0.717, 1.165) is 27.9 Å². The van der Waals surface area contributed by atoms with Crippen molar-refractivity contribution < 1.29 is 18.9 Å². The highest BCUT2D eigenvalue weighted by atomic mass is 16.8. The number of nitro groups is 1. The van der Waals surface area contributed by atoms with E-state index < -0.39 is 17.3 Å². The molecule has 0 fully saturated rings. The summed E-state index contributed by atoms with van der Waals surface area (Å²) in [5.41, 5.74) is 4.94. The fraction of sp³-hybridized carbons (Fsp3) is 0.0556. The third-order valence-electron chi connectivity index (χ3n) is 7.42. The highest BCUT2D eigenvalue weighted by Crippen LogP contribution is 2.53. The van der Waals surface area contributed by atoms with Gasteiger partial charge in [0, 0.05) is 28.8 Å². The van der Waals surface area contributed by atoms with Gasteiger partial charge in [0.2, 0.25) is 6.29 Å². The molecule has 0 aliphatic carbocycles. The largest absolute Gasteiger partial charge is 0.454 e. The first-order valence-corrected chi connectivity index (χ1v) is 13.9. The number of hydrogen-bond acceptors (Lipinski definition) is 6. The van der Waals surface area contributed by atoms with E-state index >= 15 is 0 Å². The zero-order valence-corrected chi connectivity index (χ0v) is 22.9. The second-order valence-electron chi connectivity index (χ2n) is 10.1. The number of anilines is 1. The van der Waals surface area contributed by atoms with E-state index in [1.54, 1.807) is 12.1 Å². The first-order chi connectivity index (χ1) is 21.2. The Morgan fingerprint density at radius 2 is 1.14 bits per heavy atom. The van der Waals surface area contributed by atoms with Crippen molar-refractivity contribution >= 4 is 11.4 Å². The first kappa shape index (κ1) is 26.3. The van der Waals surface area contributed by atoms with Gasteiger partial charge in [0.1, 0.15) is 11.8 Å². The Morgan fingerprint density at radius 3 is 1.72 bits per heavy atom. The van der Waals surface area contributed by atoms with Crippen LogP contribution >= 0.6 is 0 Å². The van der Waals surface area contributed by atoms with E-state index in [9.17, 15) is 10.1 Å². The summed E-state index contributed by atoms with van der Waals surface area (Å²) >= 11 is 0. The number of ether oxygens (including phenoxy) is 1. The summed E-state index contributed by atoms with van der Waals surface area (Å²) in [5, 5.41) is 13.3. The molecule has 0 spiro atoms. The Hall–Kier alpha value is -5.66. The van der Waals surface area contributed by atoms with Crippen LogP contribution in [-0.4, -0.2) is 4.92 Å². The Labute approximate surface area is 248 Å². The molecule has 1 aliphatic heterocycles. The van der Waals surface area contributed by atoms with Crippen molar-refractivity contribution in [2.24, 2.45) is 0 Å². The molecular weight excluding hydrogens is 540 g/mol. The fourth-order valence-corrected chi connectivity index (χ4v) is 5.39. The van der Waals surface area contributed by atoms with Gasteiger partial charge in [-0.1, -0.05) is 109 Å². The molecule has 6 aromatic rings. The molecule has 0 radical (unpaired) electrons. The number of hydroxylamine groups is 1. The fourth-order valence-electron chi connectivity index (χ4n) is 5.39. The zero-order valence-electron chi connectivity index (χ0n) is 22.9. The molecule has 2 atom stereocenters. The van der Waals surface area contributed by atoms with E-state index in [1.165, 1.54) is 12.1 Å². The van der Waals surface area contributed by atoms with Gasteiger partial charge in [-0.3, -0.25) is 10.1 Å². The van der Waals surface area contributed by atoms with E-state index in [4.69, 9.17) is 14.0 Å². The lowest BCUT2D eigenvalue weighted by atomic mass is 9.94. The lowest BCUT2D eigenvalue weighted by Gasteiger charge is -2.32. The van der Waals surface area contributed by atoms with Crippen LogP contribution in [0.3, 0.4) is 0 Å². The van der Waals surface area contributed by atoms with Crippen molar-refractivity contribution in [3.8, 4) is 28.4 Å². The number of furan rings is 1. The lowest BCUT2D eigenvalue weighted by molar-refractivity contribution is -0.384. The molecule has 0 saturated carbocycles. The molecule has 2 heterocycles. The van der Waals surface area contributed by atoms with Gasteiger partial charge in [-0.25, -0.2) is 9.90 Å². The highest BCUT2D eigenvalue weighted by molar-refractivity contribution is 5.78. The standard InChI is InChI=1S/C36H26N2O5/c39-38(40)30-23-21-28(22-24-30)36-42-35-31(32(25-13-5-1-6-14-25)37(43-36)29-19-11-4-12-20-29)33(26-15-7-2-8-16-26)41-34(35)27-17-9-3-10-18-27/h1-24,32,36H/t32-,36+/m1/s1. The van der Waals surface area contributed by atoms with Crippen molar-refractivity contribution in [3.63, 3.8) is 0 Å². The summed E-state index contributed by atoms with van der Waals surface area (Å²) in [4.78, 5) is 17.8. The smallest absolute Gasteiger partial charge is 0.269 e. The van der Waals surface area contributed by atoms with E-state index in [-0.39, 0.29) is 5.69 Å². The predicted molar refractivity (Wildman–Crippen MR) is 164 cm³/mol. The molecule has 0 bridgehead atoms. The van der Waals surface area contributed by atoms with Crippen molar-refractivity contribution in [1.29, 1.82) is 0 Å². The van der Waals surface area contributed by atoms with Crippen molar-refractivity contribution in [2.75, 3.05) is 5.06 Å². The number of fused-ring (bicyclic) bond motifs is 1. The average molecular weight is 567 g/mol. The summed E-state index contributed by atoms with van der Waals surface area (Å²) in [6.07, 6.45) is -0.947. The van der Waals surface area contributed by atoms with Gasteiger partial charge >= 0.3 is 0 Å². The van der Waals surface area contributed by atoms with Crippen LogP contribution in [-0.2, 0) is 4.84 Å². The zero-order chi connectivity index (χ0) is 29.2. The minimum absolute atomic E-state index is 0.0141. The minimum Gasteiger partial charge on any atom is -0.454 e. The Bertz CT molecular complexity index is 1840. The molecule has 7 nitrogen and oxygen atoms in total. The van der Waals surface area contributed by atoms with E-state index in [0.29, 0.717) is 22.8 Å². The Balaban J connectivity index is 1.52. The maximum atomic E-state index is 11.4. The third-order valence-corrected chi connectivity index (χ3v) is 7.42. The van der Waals surface area contributed by atoms with Crippen LogP contribution in [0.5, 0.6) is 5.75 Å². The average Bonchev–Trinajstić information content (AvgIpc) is 3.34. The quantitative estimate of drug-likeness (QED) is 0.148. The van der Waals surface area contributed by atoms with E-state index in [2.05, 4.69) is 12.1 Å². The van der Waals surface area contributed by atoms with E-state index in [1.807, 2.05) is 114 Å². The highest BCUT2D eigenvalue weighted by Gasteiger charge is 2.41. The van der Waals surface area contributed by atoms with Gasteiger partial charge in [0.15, 0.2) is 11.5 Å². The Morgan fingerprint density at radius 1 is 0.605 bits per heavy atom. The van der Waals surface area contributed by atoms with Crippen LogP contribution in [0.25, 0.3) is 22.6 Å². The van der Waals surface area contributed by atoms with Gasteiger partial charge in [-0.15, -0.1) is 0 Å². The maximum Gasteiger partial charge on any atom is 0.269 e. The number of hydrogen-bond donors (Lipinski definition) is 0. The molecule has 7 heteroatoms. The van der Waals surface area contributed by atoms with Crippen molar-refractivity contribution in [3.05, 3.63) is 172 Å². The molecule has 43 heavy (non-hydrogen) atoms. The molecule has 0 saturated heterocycles. The molecule has 1 aromatic heterocycles. The number of para-hydroxylation sites is 1. The Kier molecular flexibility index (Phi) is 6.91. The third kappa shape index (κ3) is 5.03. The predicted octanol–water partition coefficient (Wildman–Crippen LogP) is 9.14. The van der Waals surface area contributed by atoms with Crippen LogP contribution in [0.2, 0.25) is 0 Å². The molecular formula is C36H26N2O5. The normalized spacial score (nSPS) is 16.1.